The van der Waals surface area contributed by atoms with Gasteiger partial charge >= 0.3 is 0 Å². The van der Waals surface area contributed by atoms with Crippen molar-refractivity contribution in [3.8, 4) is 17.2 Å². The zero-order valence-corrected chi connectivity index (χ0v) is 11.7. The smallest absolute Gasteiger partial charge is 0.260 e. The van der Waals surface area contributed by atoms with E-state index in [1.54, 1.807) is 0 Å². The van der Waals surface area contributed by atoms with Crippen LogP contribution in [0.4, 0.5) is 4.39 Å². The number of hydrogen-bond donors (Lipinski definition) is 1. The van der Waals surface area contributed by atoms with Crippen molar-refractivity contribution in [3.63, 3.8) is 0 Å². The van der Waals surface area contributed by atoms with E-state index in [-0.39, 0.29) is 17.2 Å². The Morgan fingerprint density at radius 1 is 1.35 bits per heavy atom. The van der Waals surface area contributed by atoms with Gasteiger partial charge in [0.15, 0.2) is 5.82 Å². The topological polar surface area (TPSA) is 59.2 Å². The first-order valence-corrected chi connectivity index (χ1v) is 7.70. The maximum Gasteiger partial charge on any atom is 0.260 e. The van der Waals surface area contributed by atoms with Crippen molar-refractivity contribution in [2.24, 2.45) is 0 Å². The minimum atomic E-state index is -0.566. The number of benzene rings is 1. The van der Waals surface area contributed by atoms with E-state index in [0.717, 1.165) is 6.07 Å². The van der Waals surface area contributed by atoms with Crippen LogP contribution in [0, 0.1) is 5.82 Å². The molecule has 0 amide bonds. The van der Waals surface area contributed by atoms with Gasteiger partial charge in [0.2, 0.25) is 0 Å². The van der Waals surface area contributed by atoms with Gasteiger partial charge in [0.1, 0.15) is 11.6 Å². The minimum absolute atomic E-state index is 0.122. The molecule has 1 N–H and O–H groups in total. The summed E-state index contributed by atoms with van der Waals surface area (Å²) in [6.45, 7) is 0. The fourth-order valence-electron chi connectivity index (χ4n) is 2.35. The van der Waals surface area contributed by atoms with Crippen LogP contribution in [0.1, 0.15) is 31.5 Å². The van der Waals surface area contributed by atoms with E-state index in [4.69, 9.17) is 4.52 Å². The molecule has 0 unspecified atom stereocenters. The van der Waals surface area contributed by atoms with Crippen LogP contribution in [0.5, 0.6) is 5.75 Å². The molecule has 1 aromatic carbocycles. The summed E-state index contributed by atoms with van der Waals surface area (Å²) in [7, 11) is 0. The Morgan fingerprint density at radius 2 is 2.15 bits per heavy atom. The molecule has 1 aliphatic carbocycles. The van der Waals surface area contributed by atoms with Crippen LogP contribution in [0.15, 0.2) is 22.7 Å². The molecular formula is C14H15FN2O2S. The van der Waals surface area contributed by atoms with Gasteiger partial charge < -0.3 is 9.63 Å². The first kappa shape index (κ1) is 13.4. The lowest BCUT2D eigenvalue weighted by Gasteiger charge is -2.04. The van der Waals surface area contributed by atoms with Crippen molar-refractivity contribution in [1.82, 2.24) is 10.1 Å². The average Bonchev–Trinajstić information content (AvgIpc) is 3.07. The fourth-order valence-corrected chi connectivity index (χ4v) is 3.52. The molecule has 0 aliphatic heterocycles. The molecule has 0 radical (unpaired) electrons. The van der Waals surface area contributed by atoms with Gasteiger partial charge in [-0.1, -0.05) is 18.0 Å². The number of phenols is 1. The van der Waals surface area contributed by atoms with Gasteiger partial charge in [0, 0.05) is 11.3 Å². The van der Waals surface area contributed by atoms with E-state index >= 15 is 0 Å². The van der Waals surface area contributed by atoms with Gasteiger partial charge in [0.05, 0.1) is 11.3 Å². The summed E-state index contributed by atoms with van der Waals surface area (Å²) in [5, 5.41) is 13.7. The molecule has 1 aliphatic rings. The molecule has 106 valence electrons. The van der Waals surface area contributed by atoms with Crippen molar-refractivity contribution < 1.29 is 14.0 Å². The molecular weight excluding hydrogens is 279 g/mol. The summed E-state index contributed by atoms with van der Waals surface area (Å²) >= 11 is 1.83. The van der Waals surface area contributed by atoms with Gasteiger partial charge in [-0.25, -0.2) is 4.39 Å². The molecule has 2 aromatic rings. The van der Waals surface area contributed by atoms with Crippen molar-refractivity contribution >= 4 is 11.8 Å². The third kappa shape index (κ3) is 2.95. The van der Waals surface area contributed by atoms with Crippen LogP contribution in [-0.2, 0) is 5.75 Å². The summed E-state index contributed by atoms with van der Waals surface area (Å²) in [6.07, 6.45) is 5.10. The second-order valence-corrected chi connectivity index (χ2v) is 6.19. The highest BCUT2D eigenvalue weighted by atomic mass is 32.2. The Balaban J connectivity index is 1.69. The number of nitrogens with zero attached hydrogens (tertiary/aromatic N) is 2. The monoisotopic (exact) mass is 294 g/mol. The molecule has 1 fully saturated rings. The van der Waals surface area contributed by atoms with Crippen LogP contribution in [-0.4, -0.2) is 20.5 Å². The molecule has 1 aromatic heterocycles. The molecule has 3 rings (SSSR count). The molecule has 20 heavy (non-hydrogen) atoms. The number of phenolic OH excluding ortho intramolecular Hbond substituents is 1. The van der Waals surface area contributed by atoms with Crippen LogP contribution < -0.4 is 0 Å². The highest BCUT2D eigenvalue weighted by Gasteiger charge is 2.18. The third-order valence-electron chi connectivity index (χ3n) is 3.40. The largest absolute Gasteiger partial charge is 0.508 e. The zero-order valence-electron chi connectivity index (χ0n) is 10.9. The van der Waals surface area contributed by atoms with E-state index in [9.17, 15) is 9.50 Å². The molecule has 4 nitrogen and oxygen atoms in total. The van der Waals surface area contributed by atoms with Crippen LogP contribution in [0.2, 0.25) is 0 Å². The number of halogens is 1. The van der Waals surface area contributed by atoms with Crippen molar-refractivity contribution in [3.05, 3.63) is 29.8 Å². The van der Waals surface area contributed by atoms with Crippen LogP contribution in [0.25, 0.3) is 11.5 Å². The maximum atomic E-state index is 13.7. The lowest BCUT2D eigenvalue weighted by atomic mass is 10.2. The van der Waals surface area contributed by atoms with Gasteiger partial charge in [-0.05, 0) is 25.0 Å². The lowest BCUT2D eigenvalue weighted by Crippen LogP contribution is -1.95. The second-order valence-electron chi connectivity index (χ2n) is 4.90. The van der Waals surface area contributed by atoms with Gasteiger partial charge in [-0.2, -0.15) is 16.7 Å². The summed E-state index contributed by atoms with van der Waals surface area (Å²) in [4.78, 5) is 4.21. The summed E-state index contributed by atoms with van der Waals surface area (Å²) in [6, 6.07) is 3.87. The second kappa shape index (κ2) is 5.83. The van der Waals surface area contributed by atoms with Gasteiger partial charge in [-0.15, -0.1) is 0 Å². The van der Waals surface area contributed by atoms with Crippen LogP contribution in [0.3, 0.4) is 0 Å². The summed E-state index contributed by atoms with van der Waals surface area (Å²) in [5.74, 6) is 0.744. The molecule has 1 saturated carbocycles. The third-order valence-corrected chi connectivity index (χ3v) is 4.77. The average molecular weight is 294 g/mol. The minimum Gasteiger partial charge on any atom is -0.508 e. The maximum absolute atomic E-state index is 13.7. The summed E-state index contributed by atoms with van der Waals surface area (Å²) in [5.41, 5.74) is 0.215. The predicted molar refractivity (Wildman–Crippen MR) is 74.9 cm³/mol. The Kier molecular flexibility index (Phi) is 3.91. The SMILES string of the molecule is Oc1ccc(-c2nc(CSC3CCCC3)no2)c(F)c1. The molecule has 0 atom stereocenters. The first-order valence-electron chi connectivity index (χ1n) is 6.65. The first-order chi connectivity index (χ1) is 9.72. The zero-order chi connectivity index (χ0) is 13.9. The van der Waals surface area contributed by atoms with E-state index < -0.39 is 5.82 Å². The van der Waals surface area contributed by atoms with Crippen LogP contribution >= 0.6 is 11.8 Å². The van der Waals surface area contributed by atoms with Crippen molar-refractivity contribution in [1.29, 1.82) is 0 Å². The van der Waals surface area contributed by atoms with E-state index in [0.29, 0.717) is 16.8 Å². The van der Waals surface area contributed by atoms with Gasteiger partial charge in [0.25, 0.3) is 5.89 Å². The number of aromatic nitrogens is 2. The lowest BCUT2D eigenvalue weighted by molar-refractivity contribution is 0.422. The Morgan fingerprint density at radius 3 is 2.90 bits per heavy atom. The molecule has 0 spiro atoms. The number of rotatable bonds is 4. The standard InChI is InChI=1S/C14H15FN2O2S/c15-12-7-9(18)5-6-11(12)14-16-13(17-19-14)8-20-10-3-1-2-4-10/h5-7,10,18H,1-4,8H2. The predicted octanol–water partition coefficient (Wildman–Crippen LogP) is 3.76. The number of hydrogen-bond acceptors (Lipinski definition) is 5. The highest BCUT2D eigenvalue weighted by molar-refractivity contribution is 7.99. The fraction of sp³-hybridized carbons (Fsp3) is 0.429. The molecule has 1 heterocycles. The summed E-state index contributed by atoms with van der Waals surface area (Å²) < 4.78 is 18.8. The molecule has 0 bridgehead atoms. The normalized spacial score (nSPS) is 15.8. The Hall–Kier alpha value is -1.56. The quantitative estimate of drug-likeness (QED) is 0.930. The molecule has 6 heteroatoms. The Labute approximate surface area is 120 Å². The number of thioether (sulfide) groups is 1. The van der Waals surface area contributed by atoms with Gasteiger partial charge in [-0.3, -0.25) is 0 Å². The highest BCUT2D eigenvalue weighted by Crippen LogP contribution is 2.31. The Bertz CT molecular complexity index is 597. The number of aromatic hydroxyl groups is 1. The van der Waals surface area contributed by atoms with E-state index in [2.05, 4.69) is 10.1 Å². The van der Waals surface area contributed by atoms with Crippen molar-refractivity contribution in [2.75, 3.05) is 0 Å². The van der Waals surface area contributed by atoms with E-state index in [1.165, 1.54) is 37.8 Å². The molecule has 0 saturated heterocycles. The van der Waals surface area contributed by atoms with Crippen molar-refractivity contribution in [2.45, 2.75) is 36.7 Å². The van der Waals surface area contributed by atoms with E-state index in [1.807, 2.05) is 11.8 Å².